The molecule has 2 N–H and O–H groups in total. The van der Waals surface area contributed by atoms with Crippen molar-refractivity contribution >= 4 is 16.6 Å². The number of aromatic nitrogens is 2. The molecule has 1 heterocycles. The molecular formula is C12H17N3. The molecule has 0 amide bonds. The van der Waals surface area contributed by atoms with Crippen molar-refractivity contribution in [3.8, 4) is 0 Å². The van der Waals surface area contributed by atoms with Gasteiger partial charge in [-0.05, 0) is 45.4 Å². The van der Waals surface area contributed by atoms with Crippen LogP contribution in [0.1, 0.15) is 26.3 Å². The Kier molecular flexibility index (Phi) is 2.00. The largest absolute Gasteiger partial charge is 0.399 e. The highest BCUT2D eigenvalue weighted by molar-refractivity contribution is 5.84. The maximum absolute atomic E-state index is 5.81. The summed E-state index contributed by atoms with van der Waals surface area (Å²) in [4.78, 5) is 0. The van der Waals surface area contributed by atoms with Gasteiger partial charge in [-0.3, -0.25) is 4.68 Å². The number of hydrogen-bond donors (Lipinski definition) is 1. The molecule has 0 bridgehead atoms. The van der Waals surface area contributed by atoms with Gasteiger partial charge in [0.15, 0.2) is 0 Å². The van der Waals surface area contributed by atoms with Crippen LogP contribution in [0, 0.1) is 6.92 Å². The summed E-state index contributed by atoms with van der Waals surface area (Å²) in [6.45, 7) is 8.45. The first kappa shape index (κ1) is 10.0. The molecular weight excluding hydrogens is 186 g/mol. The van der Waals surface area contributed by atoms with E-state index in [4.69, 9.17) is 5.73 Å². The molecule has 0 aliphatic rings. The van der Waals surface area contributed by atoms with E-state index in [1.165, 1.54) is 0 Å². The highest BCUT2D eigenvalue weighted by Gasteiger charge is 2.15. The summed E-state index contributed by atoms with van der Waals surface area (Å²) in [6.07, 6.45) is 2.05. The Hall–Kier alpha value is -1.51. The van der Waals surface area contributed by atoms with Gasteiger partial charge in [-0.1, -0.05) is 0 Å². The van der Waals surface area contributed by atoms with Crippen molar-refractivity contribution in [2.24, 2.45) is 0 Å². The molecule has 3 heteroatoms. The van der Waals surface area contributed by atoms with Gasteiger partial charge in [0, 0.05) is 17.3 Å². The van der Waals surface area contributed by atoms with Gasteiger partial charge in [-0.25, -0.2) is 0 Å². The number of hydrogen-bond acceptors (Lipinski definition) is 2. The van der Waals surface area contributed by atoms with Gasteiger partial charge in [0.05, 0.1) is 11.1 Å². The topological polar surface area (TPSA) is 43.8 Å². The van der Waals surface area contributed by atoms with E-state index in [2.05, 4.69) is 32.1 Å². The van der Waals surface area contributed by atoms with E-state index in [1.54, 1.807) is 0 Å². The van der Waals surface area contributed by atoms with Gasteiger partial charge in [-0.15, -0.1) is 0 Å². The summed E-state index contributed by atoms with van der Waals surface area (Å²) in [7, 11) is 0. The molecule has 0 atom stereocenters. The molecule has 0 spiro atoms. The monoisotopic (exact) mass is 203 g/mol. The zero-order valence-electron chi connectivity index (χ0n) is 9.70. The predicted molar refractivity (Wildman–Crippen MR) is 63.9 cm³/mol. The molecule has 0 radical (unpaired) electrons. The maximum atomic E-state index is 5.81. The molecule has 0 aliphatic heterocycles. The van der Waals surface area contributed by atoms with E-state index in [0.29, 0.717) is 0 Å². The number of aryl methyl sites for hydroxylation is 1. The van der Waals surface area contributed by atoms with Crippen LogP contribution in [0.5, 0.6) is 0 Å². The molecule has 80 valence electrons. The first-order valence-corrected chi connectivity index (χ1v) is 5.14. The van der Waals surface area contributed by atoms with Crippen LogP contribution in [-0.2, 0) is 5.54 Å². The van der Waals surface area contributed by atoms with Crippen LogP contribution in [-0.4, -0.2) is 9.78 Å². The summed E-state index contributed by atoms with van der Waals surface area (Å²) in [5, 5.41) is 5.70. The van der Waals surface area contributed by atoms with Gasteiger partial charge in [-0.2, -0.15) is 5.10 Å². The highest BCUT2D eigenvalue weighted by atomic mass is 15.3. The lowest BCUT2D eigenvalue weighted by Gasteiger charge is -2.18. The molecule has 0 aliphatic carbocycles. The van der Waals surface area contributed by atoms with Crippen LogP contribution in [0.3, 0.4) is 0 Å². The first-order chi connectivity index (χ1) is 6.88. The van der Waals surface area contributed by atoms with Crippen LogP contribution < -0.4 is 5.73 Å². The number of nitrogen functional groups attached to an aromatic ring is 1. The van der Waals surface area contributed by atoms with Crippen molar-refractivity contribution in [3.63, 3.8) is 0 Å². The van der Waals surface area contributed by atoms with Gasteiger partial charge in [0.25, 0.3) is 0 Å². The lowest BCUT2D eigenvalue weighted by Crippen LogP contribution is -2.21. The highest BCUT2D eigenvalue weighted by Crippen LogP contribution is 2.23. The Morgan fingerprint density at radius 3 is 2.53 bits per heavy atom. The zero-order chi connectivity index (χ0) is 11.2. The molecule has 0 unspecified atom stereocenters. The number of rotatable bonds is 0. The Balaban J connectivity index is 2.71. The molecule has 2 rings (SSSR count). The van der Waals surface area contributed by atoms with E-state index in [0.717, 1.165) is 22.2 Å². The fourth-order valence-corrected chi connectivity index (χ4v) is 1.68. The summed E-state index contributed by atoms with van der Waals surface area (Å²) in [6, 6.07) is 3.93. The molecule has 0 fully saturated rings. The third kappa shape index (κ3) is 1.69. The van der Waals surface area contributed by atoms with E-state index < -0.39 is 0 Å². The minimum Gasteiger partial charge on any atom is -0.399 e. The smallest absolute Gasteiger partial charge is 0.0954 e. The molecule has 3 nitrogen and oxygen atoms in total. The molecule has 0 saturated carbocycles. The average Bonchev–Trinajstić information content (AvgIpc) is 2.46. The van der Waals surface area contributed by atoms with Crippen LogP contribution in [0.25, 0.3) is 10.9 Å². The van der Waals surface area contributed by atoms with Gasteiger partial charge in [0.2, 0.25) is 0 Å². The Labute approximate surface area is 89.9 Å². The van der Waals surface area contributed by atoms with Gasteiger partial charge < -0.3 is 5.73 Å². The van der Waals surface area contributed by atoms with Gasteiger partial charge in [0.1, 0.15) is 0 Å². The van der Waals surface area contributed by atoms with Crippen LogP contribution in [0.2, 0.25) is 0 Å². The van der Waals surface area contributed by atoms with Crippen LogP contribution in [0.4, 0.5) is 5.69 Å². The fraction of sp³-hybridized carbons (Fsp3) is 0.417. The second kappa shape index (κ2) is 2.99. The molecule has 1 aromatic carbocycles. The van der Waals surface area contributed by atoms with Crippen molar-refractivity contribution in [1.82, 2.24) is 9.78 Å². The van der Waals surface area contributed by atoms with Crippen molar-refractivity contribution < 1.29 is 0 Å². The van der Waals surface area contributed by atoms with Crippen molar-refractivity contribution in [2.75, 3.05) is 5.73 Å². The minimum atomic E-state index is 0.0141. The Morgan fingerprint density at radius 2 is 1.93 bits per heavy atom. The Morgan fingerprint density at radius 1 is 1.27 bits per heavy atom. The van der Waals surface area contributed by atoms with Crippen LogP contribution in [0.15, 0.2) is 18.3 Å². The number of fused-ring (bicyclic) bond motifs is 1. The van der Waals surface area contributed by atoms with Crippen molar-refractivity contribution in [2.45, 2.75) is 33.2 Å². The molecule has 0 saturated heterocycles. The lowest BCUT2D eigenvalue weighted by atomic mass is 10.1. The quantitative estimate of drug-likeness (QED) is 0.669. The summed E-state index contributed by atoms with van der Waals surface area (Å²) in [5.41, 5.74) is 8.79. The fourth-order valence-electron chi connectivity index (χ4n) is 1.68. The van der Waals surface area contributed by atoms with E-state index in [1.807, 2.05) is 23.7 Å². The average molecular weight is 203 g/mol. The van der Waals surface area contributed by atoms with E-state index in [-0.39, 0.29) is 5.54 Å². The first-order valence-electron chi connectivity index (χ1n) is 5.14. The maximum Gasteiger partial charge on any atom is 0.0954 e. The standard InChI is InChI=1S/C12H17N3/c1-8-5-10(13)6-9-7-15(12(2,3)4)14-11(8)9/h5-7H,13H2,1-4H3. The van der Waals surface area contributed by atoms with Crippen molar-refractivity contribution in [1.29, 1.82) is 0 Å². The second-order valence-corrected chi connectivity index (χ2v) is 5.02. The van der Waals surface area contributed by atoms with Crippen LogP contribution >= 0.6 is 0 Å². The van der Waals surface area contributed by atoms with E-state index >= 15 is 0 Å². The Bertz CT molecular complexity index is 503. The number of nitrogens with zero attached hydrogens (tertiary/aromatic N) is 2. The normalized spacial score (nSPS) is 12.3. The number of benzene rings is 1. The summed E-state index contributed by atoms with van der Waals surface area (Å²) < 4.78 is 1.99. The minimum absolute atomic E-state index is 0.0141. The predicted octanol–water partition coefficient (Wildman–Crippen LogP) is 2.68. The molecule has 15 heavy (non-hydrogen) atoms. The number of nitrogens with two attached hydrogens (primary N) is 1. The molecule has 2 aromatic rings. The summed E-state index contributed by atoms with van der Waals surface area (Å²) in [5.74, 6) is 0. The second-order valence-electron chi connectivity index (χ2n) is 5.02. The van der Waals surface area contributed by atoms with Crippen molar-refractivity contribution in [3.05, 3.63) is 23.9 Å². The molecule has 1 aromatic heterocycles. The number of anilines is 1. The lowest BCUT2D eigenvalue weighted by molar-refractivity contribution is 0.358. The SMILES string of the molecule is Cc1cc(N)cc2cn(C(C)(C)C)nc12. The zero-order valence-corrected chi connectivity index (χ0v) is 9.70. The third-order valence-electron chi connectivity index (χ3n) is 2.51. The summed E-state index contributed by atoms with van der Waals surface area (Å²) >= 11 is 0. The van der Waals surface area contributed by atoms with Gasteiger partial charge >= 0.3 is 0 Å². The third-order valence-corrected chi connectivity index (χ3v) is 2.51. The van der Waals surface area contributed by atoms with E-state index in [9.17, 15) is 0 Å².